The molecule has 2 N–H and O–H groups in total. The summed E-state index contributed by atoms with van der Waals surface area (Å²) < 4.78 is 10.4. The first-order valence-corrected chi connectivity index (χ1v) is 7.10. The maximum Gasteiger partial charge on any atom is 0.132 e. The highest BCUT2D eigenvalue weighted by molar-refractivity contribution is 5.47. The minimum Gasteiger partial charge on any atom is -0.382 e. The predicted octanol–water partition coefficient (Wildman–Crippen LogP) is 1.93. The van der Waals surface area contributed by atoms with Crippen LogP contribution in [0.1, 0.15) is 26.1 Å². The van der Waals surface area contributed by atoms with Crippen LogP contribution in [0.3, 0.4) is 0 Å². The number of aryl methyl sites for hydroxylation is 1. The van der Waals surface area contributed by atoms with Gasteiger partial charge in [-0.15, -0.1) is 0 Å². The Balaban J connectivity index is 2.67. The van der Waals surface area contributed by atoms with E-state index in [9.17, 15) is 0 Å². The maximum atomic E-state index is 5.32. The number of nitrogens with zero attached hydrogens (tertiary/aromatic N) is 2. The van der Waals surface area contributed by atoms with E-state index in [4.69, 9.17) is 9.47 Å². The summed E-state index contributed by atoms with van der Waals surface area (Å²) in [5.74, 6) is 2.50. The fraction of sp³-hybridized carbons (Fsp3) is 0.714. The molecule has 0 aliphatic rings. The molecule has 20 heavy (non-hydrogen) atoms. The Morgan fingerprint density at radius 3 is 2.40 bits per heavy atom. The smallest absolute Gasteiger partial charge is 0.132 e. The third kappa shape index (κ3) is 5.71. The van der Waals surface area contributed by atoms with Gasteiger partial charge in [0.25, 0.3) is 0 Å². The molecule has 0 aromatic carbocycles. The molecule has 1 heterocycles. The normalized spacial score (nSPS) is 12.2. The third-order valence-electron chi connectivity index (χ3n) is 2.84. The third-order valence-corrected chi connectivity index (χ3v) is 2.84. The summed E-state index contributed by atoms with van der Waals surface area (Å²) >= 11 is 0. The highest BCUT2D eigenvalue weighted by Gasteiger charge is 2.08. The highest BCUT2D eigenvalue weighted by atomic mass is 16.5. The van der Waals surface area contributed by atoms with Gasteiger partial charge in [-0.1, -0.05) is 13.8 Å². The average Bonchev–Trinajstić information content (AvgIpc) is 2.49. The van der Waals surface area contributed by atoms with Crippen LogP contribution < -0.4 is 10.6 Å². The van der Waals surface area contributed by atoms with Crippen LogP contribution in [-0.2, 0) is 15.9 Å². The van der Waals surface area contributed by atoms with Crippen molar-refractivity contribution in [1.29, 1.82) is 0 Å². The van der Waals surface area contributed by atoms with E-state index in [1.54, 1.807) is 14.2 Å². The predicted molar refractivity (Wildman–Crippen MR) is 81.4 cm³/mol. The molecule has 6 nitrogen and oxygen atoms in total. The van der Waals surface area contributed by atoms with E-state index in [-0.39, 0.29) is 6.10 Å². The first-order chi connectivity index (χ1) is 9.73. The van der Waals surface area contributed by atoms with E-state index in [0.717, 1.165) is 36.8 Å². The summed E-state index contributed by atoms with van der Waals surface area (Å²) in [5, 5.41) is 6.57. The van der Waals surface area contributed by atoms with Gasteiger partial charge in [0.1, 0.15) is 17.5 Å². The minimum atomic E-state index is 0.00657. The van der Waals surface area contributed by atoms with Gasteiger partial charge in [0.05, 0.1) is 12.7 Å². The second kappa shape index (κ2) is 9.50. The summed E-state index contributed by atoms with van der Waals surface area (Å²) in [4.78, 5) is 8.92. The van der Waals surface area contributed by atoms with Gasteiger partial charge in [0.2, 0.25) is 0 Å². The number of hydrogen-bond acceptors (Lipinski definition) is 6. The standard InChI is InChI=1S/C14H26N4O2/c1-5-7-15-13-8-14(18-12(6-2)17-13)16-9-11(20-4)10-19-3/h8,11H,5-7,9-10H2,1-4H3,(H2,15,16,17,18). The lowest BCUT2D eigenvalue weighted by Gasteiger charge is -2.16. The van der Waals surface area contributed by atoms with E-state index in [1.807, 2.05) is 13.0 Å². The topological polar surface area (TPSA) is 68.3 Å². The molecule has 0 amide bonds. The molecule has 0 saturated carbocycles. The number of methoxy groups -OCH3 is 2. The lowest BCUT2D eigenvalue weighted by atomic mass is 10.3. The van der Waals surface area contributed by atoms with Crippen molar-refractivity contribution in [3.63, 3.8) is 0 Å². The van der Waals surface area contributed by atoms with Crippen LogP contribution in [0, 0.1) is 0 Å². The molecule has 0 bridgehead atoms. The molecule has 1 atom stereocenters. The maximum absolute atomic E-state index is 5.32. The Morgan fingerprint density at radius 1 is 1.15 bits per heavy atom. The second-order valence-corrected chi connectivity index (χ2v) is 4.53. The van der Waals surface area contributed by atoms with Crippen molar-refractivity contribution in [2.24, 2.45) is 0 Å². The van der Waals surface area contributed by atoms with Gasteiger partial charge in [0, 0.05) is 39.8 Å². The molecule has 114 valence electrons. The molecule has 1 unspecified atom stereocenters. The molecule has 6 heteroatoms. The van der Waals surface area contributed by atoms with Crippen LogP contribution in [-0.4, -0.2) is 50.0 Å². The molecule has 1 aromatic rings. The molecule has 0 fully saturated rings. The summed E-state index contributed by atoms with van der Waals surface area (Å²) in [6, 6.07) is 1.92. The first kappa shape index (κ1) is 16.7. The number of nitrogens with one attached hydrogen (secondary N) is 2. The SMILES string of the molecule is CCCNc1cc(NCC(COC)OC)nc(CC)n1. The highest BCUT2D eigenvalue weighted by Crippen LogP contribution is 2.12. The molecule has 0 radical (unpaired) electrons. The van der Waals surface area contributed by atoms with Crippen LogP contribution in [0.5, 0.6) is 0 Å². The van der Waals surface area contributed by atoms with E-state index in [2.05, 4.69) is 27.5 Å². The van der Waals surface area contributed by atoms with Crippen LogP contribution >= 0.6 is 0 Å². The minimum absolute atomic E-state index is 0.00657. The van der Waals surface area contributed by atoms with Gasteiger partial charge in [-0.25, -0.2) is 9.97 Å². The van der Waals surface area contributed by atoms with E-state index >= 15 is 0 Å². The zero-order valence-corrected chi connectivity index (χ0v) is 12.9. The molecule has 0 aliphatic carbocycles. The van der Waals surface area contributed by atoms with Gasteiger partial charge in [-0.05, 0) is 6.42 Å². The Morgan fingerprint density at radius 2 is 1.85 bits per heavy atom. The Labute approximate surface area is 121 Å². The number of rotatable bonds is 10. The van der Waals surface area contributed by atoms with Crippen LogP contribution in [0.25, 0.3) is 0 Å². The molecular formula is C14H26N4O2. The van der Waals surface area contributed by atoms with Gasteiger partial charge in [0.15, 0.2) is 0 Å². The lowest BCUT2D eigenvalue weighted by molar-refractivity contribution is 0.0365. The number of hydrogen-bond donors (Lipinski definition) is 2. The molecular weight excluding hydrogens is 256 g/mol. The molecule has 0 aliphatic heterocycles. The Kier molecular flexibility index (Phi) is 7.91. The fourth-order valence-corrected chi connectivity index (χ4v) is 1.70. The van der Waals surface area contributed by atoms with Crippen molar-refractivity contribution in [3.8, 4) is 0 Å². The van der Waals surface area contributed by atoms with Crippen molar-refractivity contribution < 1.29 is 9.47 Å². The number of aromatic nitrogens is 2. The average molecular weight is 282 g/mol. The summed E-state index contributed by atoms with van der Waals surface area (Å²) in [5.41, 5.74) is 0. The van der Waals surface area contributed by atoms with Crippen molar-refractivity contribution in [3.05, 3.63) is 11.9 Å². The zero-order chi connectivity index (χ0) is 14.8. The second-order valence-electron chi connectivity index (χ2n) is 4.53. The fourth-order valence-electron chi connectivity index (χ4n) is 1.70. The molecule has 0 saturated heterocycles. The number of anilines is 2. The Bertz CT molecular complexity index is 387. The van der Waals surface area contributed by atoms with Gasteiger partial charge in [-0.3, -0.25) is 0 Å². The van der Waals surface area contributed by atoms with Crippen LogP contribution in [0.2, 0.25) is 0 Å². The van der Waals surface area contributed by atoms with Crippen molar-refractivity contribution in [2.45, 2.75) is 32.8 Å². The molecule has 0 spiro atoms. The zero-order valence-electron chi connectivity index (χ0n) is 12.9. The number of ether oxygens (including phenoxy) is 2. The molecule has 1 aromatic heterocycles. The van der Waals surface area contributed by atoms with Gasteiger partial charge < -0.3 is 20.1 Å². The monoisotopic (exact) mass is 282 g/mol. The van der Waals surface area contributed by atoms with Crippen molar-refractivity contribution in [2.75, 3.05) is 44.5 Å². The van der Waals surface area contributed by atoms with Crippen LogP contribution in [0.4, 0.5) is 11.6 Å². The first-order valence-electron chi connectivity index (χ1n) is 7.10. The summed E-state index contributed by atoms with van der Waals surface area (Å²) in [7, 11) is 3.34. The Hall–Kier alpha value is -1.40. The molecule has 1 rings (SSSR count). The van der Waals surface area contributed by atoms with E-state index < -0.39 is 0 Å². The van der Waals surface area contributed by atoms with Crippen LogP contribution in [0.15, 0.2) is 6.07 Å². The van der Waals surface area contributed by atoms with Crippen molar-refractivity contribution in [1.82, 2.24) is 9.97 Å². The largest absolute Gasteiger partial charge is 0.382 e. The van der Waals surface area contributed by atoms with E-state index in [1.165, 1.54) is 0 Å². The van der Waals surface area contributed by atoms with Gasteiger partial charge in [-0.2, -0.15) is 0 Å². The quantitative estimate of drug-likeness (QED) is 0.683. The van der Waals surface area contributed by atoms with Crippen molar-refractivity contribution >= 4 is 11.6 Å². The van der Waals surface area contributed by atoms with Gasteiger partial charge >= 0.3 is 0 Å². The summed E-state index contributed by atoms with van der Waals surface area (Å²) in [6.07, 6.45) is 1.88. The van der Waals surface area contributed by atoms with E-state index in [0.29, 0.717) is 13.2 Å². The lowest BCUT2D eigenvalue weighted by Crippen LogP contribution is -2.27. The summed E-state index contributed by atoms with van der Waals surface area (Å²) in [6.45, 7) is 6.28.